The molecule has 0 radical (unpaired) electrons. The van der Waals surface area contributed by atoms with E-state index in [1.165, 1.54) is 12.1 Å². The van der Waals surface area contributed by atoms with Gasteiger partial charge in [-0.15, -0.1) is 0 Å². The van der Waals surface area contributed by atoms with E-state index in [-0.39, 0.29) is 0 Å². The van der Waals surface area contributed by atoms with E-state index in [0.29, 0.717) is 12.1 Å². The van der Waals surface area contributed by atoms with E-state index in [4.69, 9.17) is 5.14 Å². The molecule has 1 unspecified atom stereocenters. The summed E-state index contributed by atoms with van der Waals surface area (Å²) in [4.78, 5) is 3.83. The van der Waals surface area contributed by atoms with E-state index in [0.717, 1.165) is 11.1 Å². The monoisotopic (exact) mass is 344 g/mol. The van der Waals surface area contributed by atoms with E-state index in [9.17, 15) is 12.8 Å². The van der Waals surface area contributed by atoms with Gasteiger partial charge in [0.2, 0.25) is 10.0 Å². The summed E-state index contributed by atoms with van der Waals surface area (Å²) in [5.74, 6) is -0.856. The maximum atomic E-state index is 14.3. The molecule has 0 bridgehead atoms. The molecule has 1 atom stereocenters. The molecule has 1 heterocycles. The van der Waals surface area contributed by atoms with Gasteiger partial charge in [-0.2, -0.15) is 0 Å². The van der Waals surface area contributed by atoms with Gasteiger partial charge in [0.25, 0.3) is 0 Å². The van der Waals surface area contributed by atoms with Crippen LogP contribution in [0.3, 0.4) is 0 Å². The zero-order valence-corrected chi connectivity index (χ0v) is 13.9. The van der Waals surface area contributed by atoms with E-state index < -0.39 is 26.2 Å². The first-order valence-corrected chi connectivity index (χ1v) is 8.95. The van der Waals surface area contributed by atoms with Gasteiger partial charge in [0.15, 0.2) is 0 Å². The van der Waals surface area contributed by atoms with Crippen LogP contribution >= 0.6 is 0 Å². The van der Waals surface area contributed by atoms with Gasteiger partial charge in [0.1, 0.15) is 10.7 Å². The molecule has 0 amide bonds. The number of nitrogens with zero attached hydrogens (tertiary/aromatic N) is 1. The van der Waals surface area contributed by atoms with E-state index in [1.807, 2.05) is 43.3 Å². The molecule has 0 spiro atoms. The standard InChI is InChI=1S/C18H17FN2O2S/c1-13-4-2-5-14(10-13)18(8-3-9-21-12-18)15-6-7-17(16(19)11-15)24(20,22)23/h2-11H,12H2,1H3,(H2,20,22,23). The molecule has 0 aromatic heterocycles. The highest BCUT2D eigenvalue weighted by Crippen LogP contribution is 2.37. The van der Waals surface area contributed by atoms with E-state index in [1.54, 1.807) is 12.3 Å². The SMILES string of the molecule is Cc1cccc(C2(c3ccc(S(N)(=O)=O)c(F)c3)C=CC=NC2)c1. The number of dihydropyridines is 1. The van der Waals surface area contributed by atoms with Crippen LogP contribution in [-0.4, -0.2) is 21.2 Å². The second-order valence-electron chi connectivity index (χ2n) is 5.88. The van der Waals surface area contributed by atoms with Gasteiger partial charge in [-0.3, -0.25) is 4.99 Å². The summed E-state index contributed by atoms with van der Waals surface area (Å²) >= 11 is 0. The van der Waals surface area contributed by atoms with Crippen molar-refractivity contribution in [3.05, 3.63) is 77.1 Å². The number of primary sulfonamides is 1. The Kier molecular flexibility index (Phi) is 4.11. The molecule has 2 aromatic rings. The van der Waals surface area contributed by atoms with Gasteiger partial charge < -0.3 is 0 Å². The second kappa shape index (κ2) is 5.96. The van der Waals surface area contributed by atoms with Crippen molar-refractivity contribution >= 4 is 16.2 Å². The Morgan fingerprint density at radius 3 is 2.50 bits per heavy atom. The van der Waals surface area contributed by atoms with Crippen LogP contribution in [0.5, 0.6) is 0 Å². The van der Waals surface area contributed by atoms with Gasteiger partial charge in [0, 0.05) is 6.21 Å². The molecular weight excluding hydrogens is 327 g/mol. The molecular formula is C18H17FN2O2S. The number of aryl methyl sites for hydroxylation is 1. The molecule has 2 N–H and O–H groups in total. The lowest BCUT2D eigenvalue weighted by Gasteiger charge is -2.32. The highest BCUT2D eigenvalue weighted by atomic mass is 32.2. The highest BCUT2D eigenvalue weighted by molar-refractivity contribution is 7.89. The predicted molar refractivity (Wildman–Crippen MR) is 92.2 cm³/mol. The third-order valence-corrected chi connectivity index (χ3v) is 5.14. The van der Waals surface area contributed by atoms with Gasteiger partial charge in [-0.25, -0.2) is 17.9 Å². The summed E-state index contributed by atoms with van der Waals surface area (Å²) < 4.78 is 37.2. The Labute approximate surface area is 140 Å². The minimum atomic E-state index is -4.09. The van der Waals surface area contributed by atoms with Crippen molar-refractivity contribution in [1.29, 1.82) is 0 Å². The number of aliphatic imine (C=N–C) groups is 1. The first-order valence-electron chi connectivity index (χ1n) is 7.40. The first kappa shape index (κ1) is 16.5. The smallest absolute Gasteiger partial charge is 0.240 e. The lowest BCUT2D eigenvalue weighted by Crippen LogP contribution is -2.31. The fourth-order valence-electron chi connectivity index (χ4n) is 2.99. The molecule has 0 aliphatic carbocycles. The summed E-state index contributed by atoms with van der Waals surface area (Å²) in [6.07, 6.45) is 5.47. The minimum Gasteiger partial charge on any atom is -0.292 e. The topological polar surface area (TPSA) is 72.5 Å². The van der Waals surface area contributed by atoms with Crippen LogP contribution in [0.1, 0.15) is 16.7 Å². The maximum Gasteiger partial charge on any atom is 0.240 e. The molecule has 0 saturated carbocycles. The maximum absolute atomic E-state index is 14.3. The first-order chi connectivity index (χ1) is 11.3. The van der Waals surface area contributed by atoms with Crippen molar-refractivity contribution in [2.75, 3.05) is 6.54 Å². The van der Waals surface area contributed by atoms with Gasteiger partial charge >= 0.3 is 0 Å². The van der Waals surface area contributed by atoms with Crippen molar-refractivity contribution in [3.8, 4) is 0 Å². The Morgan fingerprint density at radius 1 is 1.17 bits per heavy atom. The number of sulfonamides is 1. The van der Waals surface area contributed by atoms with Gasteiger partial charge in [0.05, 0.1) is 12.0 Å². The molecule has 3 rings (SSSR count). The van der Waals surface area contributed by atoms with Crippen molar-refractivity contribution in [3.63, 3.8) is 0 Å². The zero-order chi connectivity index (χ0) is 17.4. The van der Waals surface area contributed by atoms with Crippen molar-refractivity contribution in [2.24, 2.45) is 10.1 Å². The quantitative estimate of drug-likeness (QED) is 0.930. The van der Waals surface area contributed by atoms with Crippen LogP contribution in [0.25, 0.3) is 0 Å². The largest absolute Gasteiger partial charge is 0.292 e. The lowest BCUT2D eigenvalue weighted by molar-refractivity contribution is 0.561. The average Bonchev–Trinajstić information content (AvgIpc) is 2.54. The van der Waals surface area contributed by atoms with Crippen LogP contribution in [0.2, 0.25) is 0 Å². The number of rotatable bonds is 3. The molecule has 1 aliphatic heterocycles. The number of hydrogen-bond donors (Lipinski definition) is 1. The molecule has 2 aromatic carbocycles. The number of hydrogen-bond acceptors (Lipinski definition) is 3. The molecule has 124 valence electrons. The summed E-state index contributed by atoms with van der Waals surface area (Å²) in [6, 6.07) is 11.9. The molecule has 6 heteroatoms. The van der Waals surface area contributed by atoms with Crippen molar-refractivity contribution in [1.82, 2.24) is 0 Å². The Hall–Kier alpha value is -2.31. The van der Waals surface area contributed by atoms with Crippen molar-refractivity contribution in [2.45, 2.75) is 17.2 Å². The summed E-state index contributed by atoms with van der Waals surface area (Å²) in [5.41, 5.74) is 2.04. The Bertz CT molecular complexity index is 951. The average molecular weight is 344 g/mol. The molecule has 4 nitrogen and oxygen atoms in total. The summed E-state index contributed by atoms with van der Waals surface area (Å²) in [5, 5.41) is 5.04. The Morgan fingerprint density at radius 2 is 1.92 bits per heavy atom. The normalized spacial score (nSPS) is 20.3. The number of nitrogens with two attached hydrogens (primary N) is 1. The third kappa shape index (κ3) is 2.90. The number of allylic oxidation sites excluding steroid dienone is 1. The van der Waals surface area contributed by atoms with Crippen LogP contribution < -0.4 is 5.14 Å². The third-order valence-electron chi connectivity index (χ3n) is 4.20. The van der Waals surface area contributed by atoms with Crippen LogP contribution in [0.15, 0.2) is 64.5 Å². The Balaban J connectivity index is 2.20. The van der Waals surface area contributed by atoms with Gasteiger partial charge in [-0.05, 0) is 36.3 Å². The number of halogens is 1. The molecule has 1 aliphatic rings. The fourth-order valence-corrected chi connectivity index (χ4v) is 3.58. The lowest BCUT2D eigenvalue weighted by atomic mass is 9.73. The predicted octanol–water partition coefficient (Wildman–Crippen LogP) is 2.71. The highest BCUT2D eigenvalue weighted by Gasteiger charge is 2.33. The van der Waals surface area contributed by atoms with E-state index >= 15 is 0 Å². The van der Waals surface area contributed by atoms with Crippen LogP contribution in [0.4, 0.5) is 4.39 Å². The molecule has 0 saturated heterocycles. The van der Waals surface area contributed by atoms with Crippen LogP contribution in [-0.2, 0) is 15.4 Å². The van der Waals surface area contributed by atoms with E-state index in [2.05, 4.69) is 4.99 Å². The molecule has 0 fully saturated rings. The van der Waals surface area contributed by atoms with Crippen molar-refractivity contribution < 1.29 is 12.8 Å². The fraction of sp³-hybridized carbons (Fsp3) is 0.167. The van der Waals surface area contributed by atoms with Crippen LogP contribution in [0, 0.1) is 12.7 Å². The summed E-state index contributed by atoms with van der Waals surface area (Å²) in [7, 11) is -4.09. The molecule has 24 heavy (non-hydrogen) atoms. The zero-order valence-electron chi connectivity index (χ0n) is 13.1. The summed E-state index contributed by atoms with van der Waals surface area (Å²) in [6.45, 7) is 2.40. The van der Waals surface area contributed by atoms with Gasteiger partial charge in [-0.1, -0.05) is 42.0 Å². The number of benzene rings is 2. The minimum absolute atomic E-state index is 0.418. The second-order valence-corrected chi connectivity index (χ2v) is 7.41.